The van der Waals surface area contributed by atoms with Crippen LogP contribution in [0.4, 0.5) is 0 Å². The van der Waals surface area contributed by atoms with Crippen LogP contribution in [0.15, 0.2) is 47.1 Å². The number of carboxylic acid groups (broad SMARTS) is 1. The lowest BCUT2D eigenvalue weighted by molar-refractivity contribution is -0.131. The van der Waals surface area contributed by atoms with Crippen LogP contribution in [-0.4, -0.2) is 18.2 Å². The molecule has 5 heteroatoms. The monoisotopic (exact) mass is 288 g/mol. The fourth-order valence-electron chi connectivity index (χ4n) is 1.81. The Morgan fingerprint density at radius 2 is 2.19 bits per heavy atom. The maximum Gasteiger partial charge on any atom is 0.328 e. The molecule has 0 atom stereocenters. The van der Waals surface area contributed by atoms with Gasteiger partial charge in [0, 0.05) is 6.08 Å². The number of benzene rings is 1. The fourth-order valence-corrected chi connectivity index (χ4v) is 1.81. The van der Waals surface area contributed by atoms with Crippen LogP contribution in [0.1, 0.15) is 16.9 Å². The predicted octanol–water partition coefficient (Wildman–Crippen LogP) is 3.10. The van der Waals surface area contributed by atoms with Gasteiger partial charge in [0.2, 0.25) is 0 Å². The molecule has 110 valence electrons. The molecule has 5 nitrogen and oxygen atoms in total. The SMILES string of the molecule is COc1ccc(C=CC(=O)O)c(COCc2ccco2)c1. The smallest absolute Gasteiger partial charge is 0.328 e. The van der Waals surface area contributed by atoms with Crippen LogP contribution in [0.3, 0.4) is 0 Å². The molecule has 0 fully saturated rings. The maximum absolute atomic E-state index is 10.6. The molecule has 1 N–H and O–H groups in total. The Labute approximate surface area is 122 Å². The Hall–Kier alpha value is -2.53. The van der Waals surface area contributed by atoms with Crippen molar-refractivity contribution in [2.75, 3.05) is 7.11 Å². The second kappa shape index (κ2) is 7.31. The second-order valence-electron chi connectivity index (χ2n) is 4.31. The van der Waals surface area contributed by atoms with Gasteiger partial charge in [-0.15, -0.1) is 0 Å². The van der Waals surface area contributed by atoms with Crippen molar-refractivity contribution in [2.45, 2.75) is 13.2 Å². The van der Waals surface area contributed by atoms with Crippen LogP contribution in [0, 0.1) is 0 Å². The zero-order valence-electron chi connectivity index (χ0n) is 11.6. The molecule has 0 unspecified atom stereocenters. The molecule has 0 amide bonds. The molecule has 21 heavy (non-hydrogen) atoms. The minimum Gasteiger partial charge on any atom is -0.497 e. The van der Waals surface area contributed by atoms with E-state index in [9.17, 15) is 4.79 Å². The van der Waals surface area contributed by atoms with Crippen molar-refractivity contribution in [1.82, 2.24) is 0 Å². The van der Waals surface area contributed by atoms with Crippen LogP contribution >= 0.6 is 0 Å². The van der Waals surface area contributed by atoms with E-state index in [1.54, 1.807) is 31.6 Å². The maximum atomic E-state index is 10.6. The molecule has 1 aromatic carbocycles. The Kier molecular flexibility index (Phi) is 5.17. The minimum atomic E-state index is -0.992. The van der Waals surface area contributed by atoms with E-state index in [2.05, 4.69) is 0 Å². The van der Waals surface area contributed by atoms with Gasteiger partial charge in [-0.2, -0.15) is 0 Å². The summed E-state index contributed by atoms with van der Waals surface area (Å²) in [5, 5.41) is 8.71. The molecule has 2 rings (SSSR count). The summed E-state index contributed by atoms with van der Waals surface area (Å²) in [4.78, 5) is 10.6. The average molecular weight is 288 g/mol. The Balaban J connectivity index is 2.08. The van der Waals surface area contributed by atoms with Crippen molar-refractivity contribution in [1.29, 1.82) is 0 Å². The summed E-state index contributed by atoms with van der Waals surface area (Å²) in [6.45, 7) is 0.684. The van der Waals surface area contributed by atoms with Gasteiger partial charge in [-0.1, -0.05) is 6.07 Å². The first-order valence-electron chi connectivity index (χ1n) is 6.37. The van der Waals surface area contributed by atoms with Crippen LogP contribution in [0.2, 0.25) is 0 Å². The number of methoxy groups -OCH3 is 1. The standard InChI is InChI=1S/C16H16O5/c1-19-14-6-4-12(5-7-16(17)18)13(9-14)10-20-11-15-3-2-8-21-15/h2-9H,10-11H2,1H3,(H,17,18). The predicted molar refractivity (Wildman–Crippen MR) is 76.9 cm³/mol. The highest BCUT2D eigenvalue weighted by Crippen LogP contribution is 2.20. The molecule has 0 radical (unpaired) electrons. The average Bonchev–Trinajstić information content (AvgIpc) is 2.99. The first-order chi connectivity index (χ1) is 10.2. The zero-order valence-corrected chi connectivity index (χ0v) is 11.6. The van der Waals surface area contributed by atoms with Crippen LogP contribution in [0.25, 0.3) is 6.08 Å². The second-order valence-corrected chi connectivity index (χ2v) is 4.31. The van der Waals surface area contributed by atoms with E-state index >= 15 is 0 Å². The normalized spacial score (nSPS) is 10.9. The van der Waals surface area contributed by atoms with Crippen molar-refractivity contribution < 1.29 is 23.8 Å². The molecule has 0 bridgehead atoms. The van der Waals surface area contributed by atoms with Gasteiger partial charge in [-0.3, -0.25) is 0 Å². The van der Waals surface area contributed by atoms with Gasteiger partial charge in [0.05, 0.1) is 20.0 Å². The highest BCUT2D eigenvalue weighted by atomic mass is 16.5. The lowest BCUT2D eigenvalue weighted by Gasteiger charge is -2.09. The molecular weight excluding hydrogens is 272 g/mol. The summed E-state index contributed by atoms with van der Waals surface area (Å²) in [6.07, 6.45) is 4.22. The summed E-state index contributed by atoms with van der Waals surface area (Å²) >= 11 is 0. The van der Waals surface area contributed by atoms with Gasteiger partial charge < -0.3 is 19.0 Å². The van der Waals surface area contributed by atoms with Crippen molar-refractivity contribution in [3.05, 3.63) is 59.6 Å². The van der Waals surface area contributed by atoms with E-state index in [4.69, 9.17) is 19.0 Å². The third kappa shape index (κ3) is 4.50. The van der Waals surface area contributed by atoms with E-state index in [0.29, 0.717) is 19.0 Å². The van der Waals surface area contributed by atoms with E-state index in [1.807, 2.05) is 12.1 Å². The van der Waals surface area contributed by atoms with E-state index < -0.39 is 5.97 Å². The molecule has 0 saturated carbocycles. The molecule has 0 aliphatic heterocycles. The number of furan rings is 1. The molecular formula is C16H16O5. The van der Waals surface area contributed by atoms with Gasteiger partial charge in [-0.25, -0.2) is 4.79 Å². The Morgan fingerprint density at radius 1 is 1.33 bits per heavy atom. The molecule has 0 aliphatic carbocycles. The zero-order chi connectivity index (χ0) is 15.1. The number of hydrogen-bond donors (Lipinski definition) is 1. The van der Waals surface area contributed by atoms with Gasteiger partial charge in [-0.05, 0) is 41.5 Å². The molecule has 2 aromatic rings. The fraction of sp³-hybridized carbons (Fsp3) is 0.188. The minimum absolute atomic E-state index is 0.331. The third-order valence-electron chi connectivity index (χ3n) is 2.84. The quantitative estimate of drug-likeness (QED) is 0.793. The van der Waals surface area contributed by atoms with Gasteiger partial charge in [0.25, 0.3) is 0 Å². The Morgan fingerprint density at radius 3 is 2.86 bits per heavy atom. The highest BCUT2D eigenvalue weighted by Gasteiger charge is 2.04. The number of carbonyl (C=O) groups is 1. The van der Waals surface area contributed by atoms with Crippen molar-refractivity contribution >= 4 is 12.0 Å². The molecule has 0 aliphatic rings. The van der Waals surface area contributed by atoms with Crippen LogP contribution < -0.4 is 4.74 Å². The first kappa shape index (κ1) is 14.9. The summed E-state index contributed by atoms with van der Waals surface area (Å²) in [6, 6.07) is 9.02. The van der Waals surface area contributed by atoms with E-state index in [0.717, 1.165) is 23.0 Å². The number of ether oxygens (including phenoxy) is 2. The van der Waals surface area contributed by atoms with Crippen molar-refractivity contribution in [3.8, 4) is 5.75 Å². The summed E-state index contributed by atoms with van der Waals surface area (Å²) in [5.41, 5.74) is 1.62. The van der Waals surface area contributed by atoms with Crippen molar-refractivity contribution in [3.63, 3.8) is 0 Å². The van der Waals surface area contributed by atoms with Crippen LogP contribution in [-0.2, 0) is 22.7 Å². The van der Waals surface area contributed by atoms with Gasteiger partial charge in [0.1, 0.15) is 18.1 Å². The largest absolute Gasteiger partial charge is 0.497 e. The summed E-state index contributed by atoms with van der Waals surface area (Å²) < 4.78 is 15.9. The molecule has 1 heterocycles. The van der Waals surface area contributed by atoms with E-state index in [1.165, 1.54) is 6.08 Å². The number of rotatable bonds is 7. The third-order valence-corrected chi connectivity index (χ3v) is 2.84. The topological polar surface area (TPSA) is 68.9 Å². The highest BCUT2D eigenvalue weighted by molar-refractivity contribution is 5.85. The molecule has 0 saturated heterocycles. The van der Waals surface area contributed by atoms with E-state index in [-0.39, 0.29) is 0 Å². The number of aliphatic carboxylic acids is 1. The lowest BCUT2D eigenvalue weighted by Crippen LogP contribution is -1.97. The van der Waals surface area contributed by atoms with Crippen molar-refractivity contribution in [2.24, 2.45) is 0 Å². The lowest BCUT2D eigenvalue weighted by atomic mass is 10.1. The van der Waals surface area contributed by atoms with Gasteiger partial charge in [0.15, 0.2) is 0 Å². The number of carboxylic acids is 1. The number of hydrogen-bond acceptors (Lipinski definition) is 4. The van der Waals surface area contributed by atoms with Crippen LogP contribution in [0.5, 0.6) is 5.75 Å². The summed E-state index contributed by atoms with van der Waals surface area (Å²) in [5.74, 6) is 0.438. The molecule has 0 spiro atoms. The summed E-state index contributed by atoms with van der Waals surface area (Å²) in [7, 11) is 1.58. The first-order valence-corrected chi connectivity index (χ1v) is 6.37. The van der Waals surface area contributed by atoms with Gasteiger partial charge >= 0.3 is 5.97 Å². The Bertz CT molecular complexity index is 614. The molecule has 1 aromatic heterocycles.